The molecule has 5 heteroatoms. The van der Waals surface area contributed by atoms with Gasteiger partial charge in [-0.3, -0.25) is 4.90 Å². The van der Waals surface area contributed by atoms with Crippen molar-refractivity contribution >= 4 is 27.3 Å². The largest absolute Gasteiger partial charge is 0.291 e. The molecule has 0 spiro atoms. The zero-order valence-corrected chi connectivity index (χ0v) is 13.2. The van der Waals surface area contributed by atoms with Gasteiger partial charge in [-0.15, -0.1) is 11.3 Å². The number of hydrogen-bond acceptors (Lipinski definition) is 2. The Morgan fingerprint density at radius 3 is 2.65 bits per heavy atom. The summed E-state index contributed by atoms with van der Waals surface area (Å²) in [5, 5.41) is 2.03. The minimum Gasteiger partial charge on any atom is -0.291 e. The third-order valence-electron chi connectivity index (χ3n) is 3.50. The molecule has 1 aromatic carbocycles. The van der Waals surface area contributed by atoms with Gasteiger partial charge in [0.2, 0.25) is 0 Å². The van der Waals surface area contributed by atoms with Crippen LogP contribution in [0.5, 0.6) is 0 Å². The maximum Gasteiger partial charge on any atom is 0.144 e. The Labute approximate surface area is 129 Å². The monoisotopic (exact) mass is 357 g/mol. The van der Waals surface area contributed by atoms with E-state index in [1.54, 1.807) is 11.3 Å². The van der Waals surface area contributed by atoms with Gasteiger partial charge in [0.25, 0.3) is 0 Å². The lowest BCUT2D eigenvalue weighted by Gasteiger charge is -2.22. The van der Waals surface area contributed by atoms with Crippen molar-refractivity contribution in [2.45, 2.75) is 32.0 Å². The van der Waals surface area contributed by atoms with Crippen LogP contribution in [0.4, 0.5) is 8.78 Å². The van der Waals surface area contributed by atoms with Gasteiger partial charge in [-0.2, -0.15) is 0 Å². The predicted octanol–water partition coefficient (Wildman–Crippen LogP) is 4.95. The van der Waals surface area contributed by atoms with E-state index in [1.165, 1.54) is 17.0 Å². The highest BCUT2D eigenvalue weighted by atomic mass is 79.9. The molecule has 1 aliphatic rings. The smallest absolute Gasteiger partial charge is 0.144 e. The highest BCUT2D eigenvalue weighted by Crippen LogP contribution is 2.32. The van der Waals surface area contributed by atoms with Gasteiger partial charge in [0.05, 0.1) is 4.47 Å². The van der Waals surface area contributed by atoms with Gasteiger partial charge in [0.15, 0.2) is 0 Å². The van der Waals surface area contributed by atoms with Crippen LogP contribution in [-0.2, 0) is 13.1 Å². The molecule has 0 bridgehead atoms. The highest BCUT2D eigenvalue weighted by Gasteiger charge is 2.30. The van der Waals surface area contributed by atoms with Gasteiger partial charge in [0, 0.05) is 29.6 Å². The van der Waals surface area contributed by atoms with Gasteiger partial charge >= 0.3 is 0 Å². The van der Waals surface area contributed by atoms with E-state index in [9.17, 15) is 8.78 Å². The van der Waals surface area contributed by atoms with Gasteiger partial charge in [-0.25, -0.2) is 8.78 Å². The van der Waals surface area contributed by atoms with Crippen LogP contribution in [0, 0.1) is 11.6 Å². The second-order valence-electron chi connectivity index (χ2n) is 5.04. The molecule has 1 aliphatic carbocycles. The summed E-state index contributed by atoms with van der Waals surface area (Å²) in [5.74, 6) is -0.954. The van der Waals surface area contributed by atoms with E-state index in [2.05, 4.69) is 26.9 Å². The van der Waals surface area contributed by atoms with Crippen molar-refractivity contribution in [3.63, 3.8) is 0 Å². The first-order valence-electron chi connectivity index (χ1n) is 6.54. The van der Waals surface area contributed by atoms with Crippen LogP contribution in [0.25, 0.3) is 0 Å². The predicted molar refractivity (Wildman–Crippen MR) is 80.6 cm³/mol. The number of halogens is 3. The lowest BCUT2D eigenvalue weighted by Crippen LogP contribution is -2.25. The summed E-state index contributed by atoms with van der Waals surface area (Å²) in [6.07, 6.45) is 2.23. The number of thiophene rings is 1. The van der Waals surface area contributed by atoms with Gasteiger partial charge < -0.3 is 0 Å². The van der Waals surface area contributed by atoms with Crippen LogP contribution in [0.2, 0.25) is 0 Å². The second-order valence-corrected chi connectivity index (χ2v) is 6.92. The number of nitrogens with zero attached hydrogens (tertiary/aromatic N) is 1. The van der Waals surface area contributed by atoms with Gasteiger partial charge in [0.1, 0.15) is 11.6 Å². The molecular formula is C15H14BrF2NS. The normalized spacial score (nSPS) is 15.0. The maximum absolute atomic E-state index is 14.1. The summed E-state index contributed by atoms with van der Waals surface area (Å²) in [6.45, 7) is 1.08. The molecule has 2 aromatic rings. The van der Waals surface area contributed by atoms with Gasteiger partial charge in [-0.1, -0.05) is 6.07 Å². The zero-order valence-electron chi connectivity index (χ0n) is 10.8. The molecule has 1 nitrogen and oxygen atoms in total. The molecule has 1 fully saturated rings. The molecule has 20 heavy (non-hydrogen) atoms. The lowest BCUT2D eigenvalue weighted by molar-refractivity contribution is 0.240. The van der Waals surface area contributed by atoms with Crippen molar-refractivity contribution in [2.24, 2.45) is 0 Å². The lowest BCUT2D eigenvalue weighted by atomic mass is 10.1. The fourth-order valence-electron chi connectivity index (χ4n) is 2.27. The Bertz CT molecular complexity index is 596. The van der Waals surface area contributed by atoms with Crippen molar-refractivity contribution in [1.82, 2.24) is 4.90 Å². The summed E-state index contributed by atoms with van der Waals surface area (Å²) < 4.78 is 28.3. The zero-order chi connectivity index (χ0) is 14.1. The Morgan fingerprint density at radius 1 is 1.20 bits per heavy atom. The average molecular weight is 358 g/mol. The van der Waals surface area contributed by atoms with Crippen molar-refractivity contribution in [3.8, 4) is 0 Å². The van der Waals surface area contributed by atoms with E-state index in [0.29, 0.717) is 17.1 Å². The molecule has 0 aliphatic heterocycles. The van der Waals surface area contributed by atoms with Crippen LogP contribution < -0.4 is 0 Å². The first-order valence-corrected chi connectivity index (χ1v) is 8.21. The summed E-state index contributed by atoms with van der Waals surface area (Å²) in [7, 11) is 0. The molecule has 1 heterocycles. The van der Waals surface area contributed by atoms with Crippen molar-refractivity contribution in [2.75, 3.05) is 0 Å². The fourth-order valence-corrected chi connectivity index (χ4v) is 3.37. The molecule has 1 saturated carbocycles. The molecule has 0 atom stereocenters. The van der Waals surface area contributed by atoms with E-state index in [1.807, 2.05) is 11.4 Å². The summed E-state index contributed by atoms with van der Waals surface area (Å²) in [6, 6.07) is 7.25. The SMILES string of the molecule is Fc1ccc(Br)c(F)c1CN(Cc1cccs1)C1CC1. The summed E-state index contributed by atoms with van der Waals surface area (Å²) in [4.78, 5) is 3.40. The van der Waals surface area contributed by atoms with Crippen molar-refractivity contribution < 1.29 is 8.78 Å². The Kier molecular flexibility index (Phi) is 4.19. The average Bonchev–Trinajstić information content (AvgIpc) is 3.16. The number of rotatable bonds is 5. The number of hydrogen-bond donors (Lipinski definition) is 0. The van der Waals surface area contributed by atoms with E-state index in [0.717, 1.165) is 19.4 Å². The quantitative estimate of drug-likeness (QED) is 0.684. The molecule has 0 unspecified atom stereocenters. The van der Waals surface area contributed by atoms with Crippen LogP contribution >= 0.6 is 27.3 Å². The minimum absolute atomic E-state index is 0.155. The maximum atomic E-state index is 14.1. The molecule has 0 radical (unpaired) electrons. The van der Waals surface area contributed by atoms with E-state index < -0.39 is 11.6 Å². The van der Waals surface area contributed by atoms with E-state index in [4.69, 9.17) is 0 Å². The summed E-state index contributed by atoms with van der Waals surface area (Å²) in [5.41, 5.74) is 0.155. The molecule has 106 valence electrons. The molecule has 1 aromatic heterocycles. The van der Waals surface area contributed by atoms with Crippen LogP contribution in [0.3, 0.4) is 0 Å². The van der Waals surface area contributed by atoms with E-state index >= 15 is 0 Å². The van der Waals surface area contributed by atoms with Gasteiger partial charge in [-0.05, 0) is 52.4 Å². The molecule has 0 amide bonds. The van der Waals surface area contributed by atoms with Crippen molar-refractivity contribution in [1.29, 1.82) is 0 Å². The molecular weight excluding hydrogens is 344 g/mol. The topological polar surface area (TPSA) is 3.24 Å². The van der Waals surface area contributed by atoms with Crippen LogP contribution in [0.1, 0.15) is 23.3 Å². The highest BCUT2D eigenvalue weighted by molar-refractivity contribution is 9.10. The Hall–Kier alpha value is -0.780. The van der Waals surface area contributed by atoms with E-state index in [-0.39, 0.29) is 5.56 Å². The van der Waals surface area contributed by atoms with Crippen LogP contribution in [-0.4, -0.2) is 10.9 Å². The fraction of sp³-hybridized carbons (Fsp3) is 0.333. The molecule has 3 rings (SSSR count). The number of benzene rings is 1. The standard InChI is InChI=1S/C15H14BrF2NS/c16-13-5-6-14(17)12(15(13)18)9-19(10-3-4-10)8-11-2-1-7-20-11/h1-2,5-7,10H,3-4,8-9H2. The Balaban J connectivity index is 1.82. The van der Waals surface area contributed by atoms with Crippen molar-refractivity contribution in [3.05, 3.63) is 56.2 Å². The third kappa shape index (κ3) is 3.10. The molecule has 0 N–H and O–H groups in total. The first-order chi connectivity index (χ1) is 9.65. The van der Waals surface area contributed by atoms with Crippen LogP contribution in [0.15, 0.2) is 34.1 Å². The third-order valence-corrected chi connectivity index (χ3v) is 4.98. The first kappa shape index (κ1) is 14.2. The summed E-state index contributed by atoms with van der Waals surface area (Å²) >= 11 is 4.81. The minimum atomic E-state index is -0.484. The Morgan fingerprint density at radius 2 is 2.00 bits per heavy atom. The molecule has 0 saturated heterocycles. The second kappa shape index (κ2) is 5.92.